The van der Waals surface area contributed by atoms with Crippen LogP contribution in [-0.2, 0) is 4.79 Å². The van der Waals surface area contributed by atoms with Crippen molar-refractivity contribution in [1.82, 2.24) is 0 Å². The van der Waals surface area contributed by atoms with Crippen molar-refractivity contribution in [3.8, 4) is 0 Å². The van der Waals surface area contributed by atoms with Crippen molar-refractivity contribution in [3.63, 3.8) is 0 Å². The molecule has 0 spiro atoms. The smallest absolute Gasteiger partial charge is 0.250 e. The minimum atomic E-state index is -0.601. The first-order valence-corrected chi connectivity index (χ1v) is 3.81. The van der Waals surface area contributed by atoms with Crippen molar-refractivity contribution in [2.75, 3.05) is 11.9 Å². The molecule has 0 bridgehead atoms. The zero-order valence-electron chi connectivity index (χ0n) is 7.17. The first kappa shape index (κ1) is 9.67. The van der Waals surface area contributed by atoms with Crippen LogP contribution in [-0.4, -0.2) is 17.6 Å². The van der Waals surface area contributed by atoms with E-state index in [0.29, 0.717) is 11.3 Å². The molecule has 0 unspecified atom stereocenters. The molecule has 4 heteroatoms. The summed E-state index contributed by atoms with van der Waals surface area (Å²) in [7, 11) is 0. The van der Waals surface area contributed by atoms with Crippen LogP contribution in [0.15, 0.2) is 18.2 Å². The Balaban J connectivity index is 2.89. The molecule has 3 nitrogen and oxygen atoms in total. The van der Waals surface area contributed by atoms with Gasteiger partial charge in [-0.1, -0.05) is 6.07 Å². The standard InChI is InChI=1S/C9H10FNO2/c1-6-7(10)3-2-4-8(6)11-9(13)5-12/h2-4,12H,5H2,1H3,(H,11,13). The summed E-state index contributed by atoms with van der Waals surface area (Å²) < 4.78 is 12.9. The zero-order valence-corrected chi connectivity index (χ0v) is 7.17. The first-order valence-electron chi connectivity index (χ1n) is 3.81. The molecule has 1 aromatic rings. The molecular weight excluding hydrogens is 173 g/mol. The molecule has 0 saturated carbocycles. The van der Waals surface area contributed by atoms with E-state index in [0.717, 1.165) is 0 Å². The Kier molecular flexibility index (Phi) is 2.97. The third-order valence-electron chi connectivity index (χ3n) is 1.69. The molecule has 1 amide bonds. The lowest BCUT2D eigenvalue weighted by Crippen LogP contribution is -2.16. The fourth-order valence-electron chi connectivity index (χ4n) is 0.933. The van der Waals surface area contributed by atoms with Crippen LogP contribution in [0, 0.1) is 12.7 Å². The second kappa shape index (κ2) is 4.00. The number of halogens is 1. The lowest BCUT2D eigenvalue weighted by atomic mass is 10.2. The molecule has 13 heavy (non-hydrogen) atoms. The normalized spacial score (nSPS) is 9.77. The lowest BCUT2D eigenvalue weighted by molar-refractivity contribution is -0.118. The Hall–Kier alpha value is -1.42. The van der Waals surface area contributed by atoms with E-state index in [9.17, 15) is 9.18 Å². The minimum Gasteiger partial charge on any atom is -0.387 e. The van der Waals surface area contributed by atoms with E-state index in [2.05, 4.69) is 5.32 Å². The molecule has 0 aliphatic heterocycles. The summed E-state index contributed by atoms with van der Waals surface area (Å²) in [5.41, 5.74) is 0.753. The summed E-state index contributed by atoms with van der Waals surface area (Å²) >= 11 is 0. The maximum absolute atomic E-state index is 12.9. The van der Waals surface area contributed by atoms with Crippen LogP contribution < -0.4 is 5.32 Å². The van der Waals surface area contributed by atoms with Crippen molar-refractivity contribution >= 4 is 11.6 Å². The van der Waals surface area contributed by atoms with Gasteiger partial charge in [-0.05, 0) is 19.1 Å². The number of aliphatic hydroxyl groups excluding tert-OH is 1. The number of hydrogen-bond acceptors (Lipinski definition) is 2. The molecule has 0 atom stereocenters. The monoisotopic (exact) mass is 183 g/mol. The largest absolute Gasteiger partial charge is 0.387 e. The molecule has 0 heterocycles. The number of nitrogens with one attached hydrogen (secondary N) is 1. The van der Waals surface area contributed by atoms with Gasteiger partial charge in [-0.25, -0.2) is 4.39 Å². The van der Waals surface area contributed by atoms with Gasteiger partial charge in [0, 0.05) is 11.3 Å². The highest BCUT2D eigenvalue weighted by Crippen LogP contribution is 2.16. The van der Waals surface area contributed by atoms with Crippen LogP contribution in [0.3, 0.4) is 0 Å². The first-order chi connectivity index (χ1) is 6.15. The molecule has 1 rings (SSSR count). The predicted molar refractivity (Wildman–Crippen MR) is 46.9 cm³/mol. The number of amides is 1. The second-order valence-corrected chi connectivity index (χ2v) is 2.62. The summed E-state index contributed by atoms with van der Waals surface area (Å²) in [5.74, 6) is -0.926. The molecule has 2 N–H and O–H groups in total. The molecule has 0 fully saturated rings. The Morgan fingerprint density at radius 1 is 1.62 bits per heavy atom. The predicted octanol–water partition coefficient (Wildman–Crippen LogP) is 1.06. The highest BCUT2D eigenvalue weighted by Gasteiger charge is 2.05. The average molecular weight is 183 g/mol. The van der Waals surface area contributed by atoms with Gasteiger partial charge in [0.25, 0.3) is 0 Å². The van der Waals surface area contributed by atoms with Crippen LogP contribution in [0.2, 0.25) is 0 Å². The van der Waals surface area contributed by atoms with Crippen molar-refractivity contribution in [2.45, 2.75) is 6.92 Å². The van der Waals surface area contributed by atoms with E-state index in [1.54, 1.807) is 13.0 Å². The van der Waals surface area contributed by atoms with Gasteiger partial charge >= 0.3 is 0 Å². The van der Waals surface area contributed by atoms with E-state index in [4.69, 9.17) is 5.11 Å². The van der Waals surface area contributed by atoms with Gasteiger partial charge in [0.1, 0.15) is 12.4 Å². The SMILES string of the molecule is Cc1c(F)cccc1NC(=O)CO. The Labute approximate surface area is 75.2 Å². The van der Waals surface area contributed by atoms with Gasteiger partial charge < -0.3 is 10.4 Å². The van der Waals surface area contributed by atoms with Crippen molar-refractivity contribution < 1.29 is 14.3 Å². The van der Waals surface area contributed by atoms with Gasteiger partial charge in [-0.2, -0.15) is 0 Å². The summed E-state index contributed by atoms with van der Waals surface area (Å²) in [6.45, 7) is 0.957. The molecule has 0 aliphatic rings. The fraction of sp³-hybridized carbons (Fsp3) is 0.222. The Morgan fingerprint density at radius 2 is 2.31 bits per heavy atom. The van der Waals surface area contributed by atoms with Crippen LogP contribution in [0.4, 0.5) is 10.1 Å². The number of rotatable bonds is 2. The molecular formula is C9H10FNO2. The van der Waals surface area contributed by atoms with Gasteiger partial charge in [0.15, 0.2) is 0 Å². The maximum atomic E-state index is 12.9. The number of benzene rings is 1. The minimum absolute atomic E-state index is 0.365. The Bertz CT molecular complexity index is 325. The van der Waals surface area contributed by atoms with Crippen molar-refractivity contribution in [2.24, 2.45) is 0 Å². The van der Waals surface area contributed by atoms with E-state index in [1.165, 1.54) is 12.1 Å². The molecule has 70 valence electrons. The van der Waals surface area contributed by atoms with Crippen molar-refractivity contribution in [3.05, 3.63) is 29.6 Å². The summed E-state index contributed by atoms with van der Waals surface area (Å²) in [6, 6.07) is 4.38. The summed E-state index contributed by atoms with van der Waals surface area (Å²) in [6.07, 6.45) is 0. The van der Waals surface area contributed by atoms with Gasteiger partial charge in [-0.15, -0.1) is 0 Å². The third-order valence-corrected chi connectivity index (χ3v) is 1.69. The van der Waals surface area contributed by atoms with E-state index >= 15 is 0 Å². The maximum Gasteiger partial charge on any atom is 0.250 e. The number of anilines is 1. The topological polar surface area (TPSA) is 49.3 Å². The summed E-state index contributed by atoms with van der Waals surface area (Å²) in [4.78, 5) is 10.8. The van der Waals surface area contributed by atoms with Gasteiger partial charge in [-0.3, -0.25) is 4.79 Å². The highest BCUT2D eigenvalue weighted by molar-refractivity contribution is 5.92. The van der Waals surface area contributed by atoms with Crippen LogP contribution in [0.5, 0.6) is 0 Å². The Morgan fingerprint density at radius 3 is 2.92 bits per heavy atom. The average Bonchev–Trinajstić information content (AvgIpc) is 2.13. The highest BCUT2D eigenvalue weighted by atomic mass is 19.1. The van der Waals surface area contributed by atoms with Gasteiger partial charge in [0.2, 0.25) is 5.91 Å². The van der Waals surface area contributed by atoms with Crippen LogP contribution in [0.25, 0.3) is 0 Å². The third kappa shape index (κ3) is 2.26. The van der Waals surface area contributed by atoms with E-state index in [1.807, 2.05) is 0 Å². The van der Waals surface area contributed by atoms with Crippen LogP contribution in [0.1, 0.15) is 5.56 Å². The molecule has 0 saturated heterocycles. The fourth-order valence-corrected chi connectivity index (χ4v) is 0.933. The molecule has 1 aromatic carbocycles. The van der Waals surface area contributed by atoms with E-state index in [-0.39, 0.29) is 5.82 Å². The number of aliphatic hydroxyl groups is 1. The molecule has 0 aromatic heterocycles. The van der Waals surface area contributed by atoms with Gasteiger partial charge in [0.05, 0.1) is 0 Å². The van der Waals surface area contributed by atoms with E-state index < -0.39 is 12.5 Å². The van der Waals surface area contributed by atoms with Crippen LogP contribution >= 0.6 is 0 Å². The quantitative estimate of drug-likeness (QED) is 0.720. The second-order valence-electron chi connectivity index (χ2n) is 2.62. The zero-order chi connectivity index (χ0) is 9.84. The molecule has 0 aliphatic carbocycles. The molecule has 0 radical (unpaired) electrons. The number of carbonyl (C=O) groups is 1. The van der Waals surface area contributed by atoms with Crippen molar-refractivity contribution in [1.29, 1.82) is 0 Å². The number of carbonyl (C=O) groups excluding carboxylic acids is 1. The number of hydrogen-bond donors (Lipinski definition) is 2. The summed E-state index contributed by atoms with van der Waals surface area (Å²) in [5, 5.41) is 10.8. The lowest BCUT2D eigenvalue weighted by Gasteiger charge is -2.06.